The van der Waals surface area contributed by atoms with E-state index in [4.69, 9.17) is 5.73 Å². The highest BCUT2D eigenvalue weighted by molar-refractivity contribution is 6.04. The lowest BCUT2D eigenvalue weighted by molar-refractivity contribution is 0.0590. The monoisotopic (exact) mass is 194 g/mol. The summed E-state index contributed by atoms with van der Waals surface area (Å²) < 4.78 is 4.47. The summed E-state index contributed by atoms with van der Waals surface area (Å²) >= 11 is 0. The normalized spacial score (nSPS) is 9.57. The molecule has 0 aliphatic carbocycles. The molecular formula is C9H10N2O3. The molecule has 0 aromatic carbocycles. The van der Waals surface area contributed by atoms with Gasteiger partial charge in [0.25, 0.3) is 0 Å². The molecule has 0 aliphatic heterocycles. The Bertz CT molecular complexity index is 388. The van der Waals surface area contributed by atoms with E-state index in [1.54, 1.807) is 0 Å². The van der Waals surface area contributed by atoms with E-state index in [9.17, 15) is 9.59 Å². The molecule has 0 bridgehead atoms. The Morgan fingerprint density at radius 2 is 2.14 bits per heavy atom. The molecule has 2 N–H and O–H groups in total. The van der Waals surface area contributed by atoms with Gasteiger partial charge in [-0.15, -0.1) is 0 Å². The maximum Gasteiger partial charge on any atom is 0.357 e. The fourth-order valence-corrected chi connectivity index (χ4v) is 1.01. The number of nitrogens with zero attached hydrogens (tertiary/aromatic N) is 1. The molecule has 0 atom stereocenters. The summed E-state index contributed by atoms with van der Waals surface area (Å²) in [6.45, 7) is 1.34. The molecule has 0 unspecified atom stereocenters. The second kappa shape index (κ2) is 3.87. The summed E-state index contributed by atoms with van der Waals surface area (Å²) in [4.78, 5) is 26.1. The van der Waals surface area contributed by atoms with Gasteiger partial charge in [0.15, 0.2) is 11.5 Å². The van der Waals surface area contributed by atoms with Gasteiger partial charge in [-0.25, -0.2) is 9.78 Å². The molecule has 5 nitrogen and oxygen atoms in total. The predicted molar refractivity (Wildman–Crippen MR) is 50.0 cm³/mol. The zero-order valence-electron chi connectivity index (χ0n) is 7.90. The van der Waals surface area contributed by atoms with Crippen LogP contribution in [0.4, 0.5) is 5.69 Å². The number of pyridine rings is 1. The molecule has 0 spiro atoms. The number of ether oxygens (including phenoxy) is 1. The number of ketones is 1. The van der Waals surface area contributed by atoms with Crippen molar-refractivity contribution in [2.75, 3.05) is 12.8 Å². The number of esters is 1. The molecule has 0 saturated carbocycles. The molecule has 0 fully saturated rings. The van der Waals surface area contributed by atoms with Crippen LogP contribution in [0.5, 0.6) is 0 Å². The van der Waals surface area contributed by atoms with Gasteiger partial charge in [-0.2, -0.15) is 0 Å². The first-order valence-electron chi connectivity index (χ1n) is 3.91. The number of nitrogen functional groups attached to an aromatic ring is 1. The predicted octanol–water partition coefficient (Wildman–Crippen LogP) is 0.653. The summed E-state index contributed by atoms with van der Waals surface area (Å²) in [6.07, 6.45) is 1.30. The standard InChI is InChI=1S/C9H10N2O3/c1-5(12)7-3-6(10)4-11-8(7)9(13)14-2/h3-4H,10H2,1-2H3. The van der Waals surface area contributed by atoms with Crippen molar-refractivity contribution in [3.05, 3.63) is 23.5 Å². The summed E-state index contributed by atoms with van der Waals surface area (Å²) in [6, 6.07) is 1.40. The highest BCUT2D eigenvalue weighted by Crippen LogP contribution is 2.12. The van der Waals surface area contributed by atoms with Crippen LogP contribution in [0.15, 0.2) is 12.3 Å². The lowest BCUT2D eigenvalue weighted by Crippen LogP contribution is -2.11. The second-order valence-corrected chi connectivity index (χ2v) is 2.71. The number of rotatable bonds is 2. The van der Waals surface area contributed by atoms with E-state index in [0.29, 0.717) is 5.69 Å². The third-order valence-electron chi connectivity index (χ3n) is 1.67. The van der Waals surface area contributed by atoms with Gasteiger partial charge in [0.05, 0.1) is 24.6 Å². The Hall–Kier alpha value is -1.91. The van der Waals surface area contributed by atoms with Crippen molar-refractivity contribution in [2.45, 2.75) is 6.92 Å². The van der Waals surface area contributed by atoms with Gasteiger partial charge in [0, 0.05) is 0 Å². The number of Topliss-reactive ketones (excluding diaryl/α,β-unsaturated/α-hetero) is 1. The second-order valence-electron chi connectivity index (χ2n) is 2.71. The first kappa shape index (κ1) is 10.2. The molecule has 1 aromatic heterocycles. The Morgan fingerprint density at radius 1 is 1.50 bits per heavy atom. The summed E-state index contributed by atoms with van der Waals surface area (Å²) in [7, 11) is 1.23. The maximum atomic E-state index is 11.2. The number of aromatic nitrogens is 1. The molecular weight excluding hydrogens is 184 g/mol. The van der Waals surface area contributed by atoms with Crippen molar-refractivity contribution in [1.29, 1.82) is 0 Å². The summed E-state index contributed by atoms with van der Waals surface area (Å²) in [5.74, 6) is -0.916. The lowest BCUT2D eigenvalue weighted by atomic mass is 10.1. The average molecular weight is 194 g/mol. The van der Waals surface area contributed by atoms with Crippen LogP contribution in [0, 0.1) is 0 Å². The van der Waals surface area contributed by atoms with E-state index in [1.807, 2.05) is 0 Å². The average Bonchev–Trinajstić information content (AvgIpc) is 2.16. The van der Waals surface area contributed by atoms with E-state index in [1.165, 1.54) is 26.3 Å². The number of carbonyl (C=O) groups is 2. The molecule has 1 heterocycles. The van der Waals surface area contributed by atoms with Crippen molar-refractivity contribution < 1.29 is 14.3 Å². The zero-order valence-corrected chi connectivity index (χ0v) is 7.90. The van der Waals surface area contributed by atoms with Crippen LogP contribution >= 0.6 is 0 Å². The van der Waals surface area contributed by atoms with Crippen LogP contribution in [0.1, 0.15) is 27.8 Å². The Labute approximate surface area is 80.9 Å². The highest BCUT2D eigenvalue weighted by Gasteiger charge is 2.16. The molecule has 0 amide bonds. The van der Waals surface area contributed by atoms with Crippen molar-refractivity contribution >= 4 is 17.4 Å². The van der Waals surface area contributed by atoms with Crippen LogP contribution in [0.2, 0.25) is 0 Å². The minimum atomic E-state index is -0.643. The first-order chi connectivity index (χ1) is 6.56. The van der Waals surface area contributed by atoms with Crippen LogP contribution in [-0.2, 0) is 4.74 Å². The molecule has 0 saturated heterocycles. The summed E-state index contributed by atoms with van der Waals surface area (Å²) in [5, 5.41) is 0. The smallest absolute Gasteiger partial charge is 0.357 e. The van der Waals surface area contributed by atoms with Gasteiger partial charge in [-0.05, 0) is 13.0 Å². The third kappa shape index (κ3) is 1.87. The number of hydrogen-bond acceptors (Lipinski definition) is 5. The van der Waals surface area contributed by atoms with Gasteiger partial charge < -0.3 is 10.5 Å². The molecule has 0 radical (unpaired) electrons. The minimum Gasteiger partial charge on any atom is -0.464 e. The van der Waals surface area contributed by atoms with E-state index in [2.05, 4.69) is 9.72 Å². The Morgan fingerprint density at radius 3 is 2.64 bits per heavy atom. The van der Waals surface area contributed by atoms with Gasteiger partial charge in [-0.3, -0.25) is 4.79 Å². The van der Waals surface area contributed by atoms with Crippen molar-refractivity contribution in [3.8, 4) is 0 Å². The fraction of sp³-hybridized carbons (Fsp3) is 0.222. The first-order valence-corrected chi connectivity index (χ1v) is 3.91. The van der Waals surface area contributed by atoms with Crippen molar-refractivity contribution in [2.24, 2.45) is 0 Å². The number of hydrogen-bond donors (Lipinski definition) is 1. The number of carbonyl (C=O) groups excluding carboxylic acids is 2. The van der Waals surface area contributed by atoms with Crippen molar-refractivity contribution in [1.82, 2.24) is 4.98 Å². The van der Waals surface area contributed by atoms with E-state index in [0.717, 1.165) is 0 Å². The van der Waals surface area contributed by atoms with Crippen LogP contribution in [0.3, 0.4) is 0 Å². The minimum absolute atomic E-state index is 0.00537. The molecule has 5 heteroatoms. The van der Waals surface area contributed by atoms with Crippen LogP contribution < -0.4 is 5.73 Å². The van der Waals surface area contributed by atoms with Crippen LogP contribution in [0.25, 0.3) is 0 Å². The molecule has 0 aliphatic rings. The van der Waals surface area contributed by atoms with Gasteiger partial charge in [-0.1, -0.05) is 0 Å². The molecule has 1 rings (SSSR count). The van der Waals surface area contributed by atoms with Crippen LogP contribution in [-0.4, -0.2) is 23.8 Å². The van der Waals surface area contributed by atoms with E-state index >= 15 is 0 Å². The fourth-order valence-electron chi connectivity index (χ4n) is 1.01. The molecule has 74 valence electrons. The number of anilines is 1. The number of methoxy groups -OCH3 is 1. The zero-order chi connectivity index (χ0) is 10.7. The van der Waals surface area contributed by atoms with Crippen molar-refractivity contribution in [3.63, 3.8) is 0 Å². The van der Waals surface area contributed by atoms with E-state index < -0.39 is 5.97 Å². The Kier molecular flexibility index (Phi) is 2.81. The van der Waals surface area contributed by atoms with Gasteiger partial charge >= 0.3 is 5.97 Å². The quantitative estimate of drug-likeness (QED) is 0.552. The number of nitrogens with two attached hydrogens (primary N) is 1. The van der Waals surface area contributed by atoms with E-state index in [-0.39, 0.29) is 17.0 Å². The lowest BCUT2D eigenvalue weighted by Gasteiger charge is -2.04. The largest absolute Gasteiger partial charge is 0.464 e. The van der Waals surface area contributed by atoms with Gasteiger partial charge in [0.1, 0.15) is 0 Å². The Balaban J connectivity index is 3.28. The topological polar surface area (TPSA) is 82.3 Å². The molecule has 14 heavy (non-hydrogen) atoms. The van der Waals surface area contributed by atoms with Gasteiger partial charge in [0.2, 0.25) is 0 Å². The SMILES string of the molecule is COC(=O)c1ncc(N)cc1C(C)=O. The molecule has 1 aromatic rings. The summed E-state index contributed by atoms with van der Waals surface area (Å²) in [5.41, 5.74) is 5.95. The maximum absolute atomic E-state index is 11.2. The third-order valence-corrected chi connectivity index (χ3v) is 1.67. The highest BCUT2D eigenvalue weighted by atomic mass is 16.5.